The van der Waals surface area contributed by atoms with Gasteiger partial charge in [0, 0.05) is 23.0 Å². The van der Waals surface area contributed by atoms with Crippen molar-refractivity contribution in [3.63, 3.8) is 0 Å². The first kappa shape index (κ1) is 16.2. The number of amidine groups is 1. The Kier molecular flexibility index (Phi) is 4.56. The number of hydrogen-bond acceptors (Lipinski definition) is 4. The number of aliphatic imine (C=N–C) groups is 1. The molecule has 0 bridgehead atoms. The van der Waals surface area contributed by atoms with Gasteiger partial charge in [0.05, 0.1) is 19.0 Å². The summed E-state index contributed by atoms with van der Waals surface area (Å²) in [6, 6.07) is 23.7. The van der Waals surface area contributed by atoms with Crippen LogP contribution in [0.3, 0.4) is 0 Å². The first-order chi connectivity index (χ1) is 12.8. The van der Waals surface area contributed by atoms with E-state index >= 15 is 0 Å². The van der Waals surface area contributed by atoms with Crippen molar-refractivity contribution < 1.29 is 4.79 Å². The number of pyridine rings is 1. The van der Waals surface area contributed by atoms with Gasteiger partial charge in [0.15, 0.2) is 5.78 Å². The Balaban J connectivity index is 1.47. The van der Waals surface area contributed by atoms with Gasteiger partial charge in [0.2, 0.25) is 0 Å². The van der Waals surface area contributed by atoms with Crippen molar-refractivity contribution in [2.75, 3.05) is 6.54 Å². The Morgan fingerprint density at radius 1 is 1.00 bits per heavy atom. The minimum atomic E-state index is 0.0683. The number of benzene rings is 2. The van der Waals surface area contributed by atoms with Gasteiger partial charge in [0.25, 0.3) is 0 Å². The summed E-state index contributed by atoms with van der Waals surface area (Å²) >= 11 is 0. The van der Waals surface area contributed by atoms with Gasteiger partial charge in [-0.25, -0.2) is 0 Å². The second-order valence-corrected chi connectivity index (χ2v) is 6.30. The Hall–Kier alpha value is -3.27. The highest BCUT2D eigenvalue weighted by molar-refractivity contribution is 6.01. The monoisotopic (exact) mass is 341 g/mol. The predicted molar refractivity (Wildman–Crippen MR) is 102 cm³/mol. The molecule has 4 heteroatoms. The number of nitrogens with zero attached hydrogens (tertiary/aromatic N) is 2. The lowest BCUT2D eigenvalue weighted by Crippen LogP contribution is -2.24. The van der Waals surface area contributed by atoms with Gasteiger partial charge in [-0.15, -0.1) is 0 Å². The number of aromatic nitrogens is 1. The summed E-state index contributed by atoms with van der Waals surface area (Å²) in [5, 5.41) is 3.47. The molecule has 1 aliphatic rings. The topological polar surface area (TPSA) is 54.4 Å². The highest BCUT2D eigenvalue weighted by Gasteiger charge is 2.20. The van der Waals surface area contributed by atoms with Crippen LogP contribution in [0.25, 0.3) is 0 Å². The molecule has 1 aromatic heterocycles. The highest BCUT2D eigenvalue weighted by Crippen LogP contribution is 2.19. The Labute approximate surface area is 152 Å². The molecule has 1 atom stereocenters. The summed E-state index contributed by atoms with van der Waals surface area (Å²) in [7, 11) is 0. The molecule has 0 saturated carbocycles. The zero-order chi connectivity index (χ0) is 17.8. The lowest BCUT2D eigenvalue weighted by atomic mass is 10.0. The number of rotatable bonds is 5. The molecular formula is C22H19N3O. The van der Waals surface area contributed by atoms with Crippen LogP contribution >= 0.6 is 0 Å². The molecule has 26 heavy (non-hydrogen) atoms. The van der Waals surface area contributed by atoms with Crippen LogP contribution in [-0.4, -0.2) is 23.1 Å². The molecule has 0 radical (unpaired) electrons. The number of carbonyl (C=O) groups excluding carboxylic acids is 1. The van der Waals surface area contributed by atoms with Crippen molar-refractivity contribution in [2.24, 2.45) is 4.99 Å². The fourth-order valence-corrected chi connectivity index (χ4v) is 3.10. The normalized spacial score (nSPS) is 16.0. The number of hydrogen-bond donors (Lipinski definition) is 1. The highest BCUT2D eigenvalue weighted by atomic mass is 16.1. The van der Waals surface area contributed by atoms with E-state index in [1.807, 2.05) is 60.7 Å². The van der Waals surface area contributed by atoms with Crippen molar-refractivity contribution >= 4 is 11.6 Å². The maximum Gasteiger partial charge on any atom is 0.168 e. The van der Waals surface area contributed by atoms with Crippen LogP contribution in [0, 0.1) is 0 Å². The molecule has 0 spiro atoms. The van der Waals surface area contributed by atoms with Crippen molar-refractivity contribution in [1.29, 1.82) is 0 Å². The van der Waals surface area contributed by atoms with Gasteiger partial charge in [-0.05, 0) is 17.7 Å². The summed E-state index contributed by atoms with van der Waals surface area (Å²) in [5.74, 6) is 0.924. The lowest BCUT2D eigenvalue weighted by Gasteiger charge is -2.12. The van der Waals surface area contributed by atoms with E-state index in [4.69, 9.17) is 0 Å². The van der Waals surface area contributed by atoms with Gasteiger partial charge < -0.3 is 5.32 Å². The zero-order valence-electron chi connectivity index (χ0n) is 14.3. The Morgan fingerprint density at radius 3 is 2.50 bits per heavy atom. The minimum absolute atomic E-state index is 0.0683. The van der Waals surface area contributed by atoms with E-state index in [0.717, 1.165) is 17.1 Å². The fraction of sp³-hybridized carbons (Fsp3) is 0.136. The third kappa shape index (κ3) is 3.54. The maximum absolute atomic E-state index is 12.4. The average molecular weight is 341 g/mol. The summed E-state index contributed by atoms with van der Waals surface area (Å²) in [6.45, 7) is 0.708. The first-order valence-electron chi connectivity index (χ1n) is 8.69. The second kappa shape index (κ2) is 7.31. The Morgan fingerprint density at radius 2 is 1.73 bits per heavy atom. The van der Waals surface area contributed by atoms with Crippen LogP contribution in [0.5, 0.6) is 0 Å². The molecule has 4 nitrogen and oxygen atoms in total. The molecule has 1 N–H and O–H groups in total. The molecule has 1 aliphatic heterocycles. The van der Waals surface area contributed by atoms with E-state index in [-0.39, 0.29) is 18.2 Å². The fourth-order valence-electron chi connectivity index (χ4n) is 3.10. The molecule has 0 aliphatic carbocycles. The number of ketones is 1. The van der Waals surface area contributed by atoms with Crippen molar-refractivity contribution in [2.45, 2.75) is 12.5 Å². The molecule has 1 unspecified atom stereocenters. The van der Waals surface area contributed by atoms with Gasteiger partial charge >= 0.3 is 0 Å². The molecule has 128 valence electrons. The van der Waals surface area contributed by atoms with Gasteiger partial charge in [0.1, 0.15) is 5.84 Å². The Bertz CT molecular complexity index is 936. The van der Waals surface area contributed by atoms with Gasteiger partial charge in [-0.2, -0.15) is 0 Å². The molecule has 0 saturated heterocycles. The van der Waals surface area contributed by atoms with Crippen LogP contribution in [0.1, 0.15) is 33.2 Å². The molecule has 4 rings (SSSR count). The van der Waals surface area contributed by atoms with E-state index in [2.05, 4.69) is 27.4 Å². The molecule has 0 fully saturated rings. The smallest absolute Gasteiger partial charge is 0.168 e. The van der Waals surface area contributed by atoms with Crippen LogP contribution in [0.4, 0.5) is 0 Å². The number of carbonyl (C=O) groups is 1. The van der Waals surface area contributed by atoms with E-state index < -0.39 is 0 Å². The quantitative estimate of drug-likeness (QED) is 0.722. The lowest BCUT2D eigenvalue weighted by molar-refractivity contribution is 0.0992. The van der Waals surface area contributed by atoms with Crippen LogP contribution in [0.2, 0.25) is 0 Å². The van der Waals surface area contributed by atoms with E-state index in [9.17, 15) is 4.79 Å². The number of Topliss-reactive ketones (excluding diaryl/α,β-unsaturated/α-hetero) is 1. The third-order valence-corrected chi connectivity index (χ3v) is 4.47. The standard InChI is InChI=1S/C22H19N3O/c26-21(17-9-5-2-6-10-17)14-19-13-18(11-12-23-19)22-24-15-20(25-22)16-7-3-1-4-8-16/h1-13,20H,14-15H2,(H,24,25). The third-order valence-electron chi connectivity index (χ3n) is 4.47. The summed E-state index contributed by atoms with van der Waals surface area (Å²) in [5.41, 5.74) is 3.65. The molecular weight excluding hydrogens is 322 g/mol. The second-order valence-electron chi connectivity index (χ2n) is 6.30. The zero-order valence-corrected chi connectivity index (χ0v) is 14.3. The summed E-state index contributed by atoms with van der Waals surface area (Å²) in [6.07, 6.45) is 2.02. The van der Waals surface area contributed by atoms with Crippen LogP contribution in [-0.2, 0) is 6.42 Å². The largest absolute Gasteiger partial charge is 0.361 e. The van der Waals surface area contributed by atoms with Crippen LogP contribution < -0.4 is 5.32 Å². The van der Waals surface area contributed by atoms with Gasteiger partial charge in [-0.3, -0.25) is 14.8 Å². The minimum Gasteiger partial charge on any atom is -0.361 e. The predicted octanol–water partition coefficient (Wildman–Crippen LogP) is 3.60. The van der Waals surface area contributed by atoms with Crippen LogP contribution in [0.15, 0.2) is 84.0 Å². The molecule has 2 aromatic carbocycles. The molecule has 3 aromatic rings. The van der Waals surface area contributed by atoms with Gasteiger partial charge in [-0.1, -0.05) is 60.7 Å². The average Bonchev–Trinajstić information content (AvgIpc) is 3.20. The van der Waals surface area contributed by atoms with Crippen molar-refractivity contribution in [3.8, 4) is 0 Å². The SMILES string of the molecule is O=C(Cc1cc(C2=NCC(c3ccccc3)N2)ccn1)c1ccccc1. The summed E-state index contributed by atoms with van der Waals surface area (Å²) in [4.78, 5) is 21.4. The van der Waals surface area contributed by atoms with Crippen molar-refractivity contribution in [3.05, 3.63) is 101 Å². The molecule has 0 amide bonds. The van der Waals surface area contributed by atoms with E-state index in [1.165, 1.54) is 5.56 Å². The number of nitrogens with one attached hydrogen (secondary N) is 1. The summed E-state index contributed by atoms with van der Waals surface area (Å²) < 4.78 is 0. The van der Waals surface area contributed by atoms with E-state index in [0.29, 0.717) is 12.1 Å². The van der Waals surface area contributed by atoms with Crippen molar-refractivity contribution in [1.82, 2.24) is 10.3 Å². The first-order valence-corrected chi connectivity index (χ1v) is 8.69. The molecule has 2 heterocycles. The van der Waals surface area contributed by atoms with E-state index in [1.54, 1.807) is 6.20 Å². The maximum atomic E-state index is 12.4.